The van der Waals surface area contributed by atoms with Gasteiger partial charge in [-0.2, -0.15) is 0 Å². The minimum absolute atomic E-state index is 0.0597. The summed E-state index contributed by atoms with van der Waals surface area (Å²) in [6, 6.07) is 4.35. The van der Waals surface area contributed by atoms with Gasteiger partial charge < -0.3 is 24.9 Å². The maximum atomic E-state index is 12.1. The highest BCUT2D eigenvalue weighted by Crippen LogP contribution is 2.22. The van der Waals surface area contributed by atoms with Gasteiger partial charge in [0.05, 0.1) is 30.1 Å². The fourth-order valence-electron chi connectivity index (χ4n) is 2.22. The Morgan fingerprint density at radius 1 is 1.35 bits per heavy atom. The second kappa shape index (κ2) is 8.01. The topological polar surface area (TPSA) is 114 Å². The first-order valence-electron chi connectivity index (χ1n) is 8.21. The molecule has 0 saturated carbocycles. The first kappa shape index (κ1) is 19.5. The van der Waals surface area contributed by atoms with Gasteiger partial charge in [-0.05, 0) is 45.9 Å². The molecule has 2 aromatic rings. The number of pyridine rings is 1. The molecule has 3 N–H and O–H groups in total. The van der Waals surface area contributed by atoms with Gasteiger partial charge in [0.2, 0.25) is 0 Å². The maximum Gasteiger partial charge on any atom is 0.339 e. The van der Waals surface area contributed by atoms with Crippen LogP contribution in [0.2, 0.25) is 0 Å². The van der Waals surface area contributed by atoms with E-state index in [1.54, 1.807) is 39.8 Å². The molecular weight excluding hydrogens is 338 g/mol. The second-order valence-corrected chi connectivity index (χ2v) is 6.07. The highest BCUT2D eigenvalue weighted by atomic mass is 16.5. The molecule has 0 aliphatic heterocycles. The molecule has 2 amide bonds. The molecule has 0 bridgehead atoms. The second-order valence-electron chi connectivity index (χ2n) is 6.07. The molecular formula is C18H23N3O5. The lowest BCUT2D eigenvalue weighted by atomic mass is 10.0. The van der Waals surface area contributed by atoms with E-state index in [1.165, 1.54) is 12.3 Å². The van der Waals surface area contributed by atoms with E-state index in [9.17, 15) is 14.7 Å². The Morgan fingerprint density at radius 3 is 2.69 bits per heavy atom. The van der Waals surface area contributed by atoms with Gasteiger partial charge in [0.25, 0.3) is 0 Å². The molecule has 140 valence electrons. The number of urea groups is 1. The van der Waals surface area contributed by atoms with Crippen LogP contribution in [0, 0.1) is 13.8 Å². The first-order chi connectivity index (χ1) is 12.2. The number of hydrogen-bond donors (Lipinski definition) is 3. The highest BCUT2D eigenvalue weighted by Gasteiger charge is 2.27. The van der Waals surface area contributed by atoms with Gasteiger partial charge in [-0.1, -0.05) is 0 Å². The van der Waals surface area contributed by atoms with E-state index < -0.39 is 17.6 Å². The zero-order valence-corrected chi connectivity index (χ0v) is 15.3. The van der Waals surface area contributed by atoms with Crippen LogP contribution in [0.1, 0.15) is 41.4 Å². The van der Waals surface area contributed by atoms with Gasteiger partial charge >= 0.3 is 12.0 Å². The Balaban J connectivity index is 2.01. The molecule has 0 unspecified atom stereocenters. The van der Waals surface area contributed by atoms with Crippen LogP contribution in [0.25, 0.3) is 0 Å². The summed E-state index contributed by atoms with van der Waals surface area (Å²) in [5, 5.41) is 15.6. The van der Waals surface area contributed by atoms with E-state index in [0.29, 0.717) is 22.9 Å². The van der Waals surface area contributed by atoms with Crippen molar-refractivity contribution in [2.24, 2.45) is 0 Å². The summed E-state index contributed by atoms with van der Waals surface area (Å²) in [6.07, 6.45) is 1.39. The molecule has 26 heavy (non-hydrogen) atoms. The summed E-state index contributed by atoms with van der Waals surface area (Å²) in [5.74, 6) is 0.513. The fraction of sp³-hybridized carbons (Fsp3) is 0.389. The van der Waals surface area contributed by atoms with E-state index >= 15 is 0 Å². The molecule has 0 aromatic carbocycles. The standard InChI is InChI=1S/C18H23N3O5/c1-5-25-16(22)13-8-14(12(3)19-9-13)21-17(23)20-10-18(4,24)15-7-6-11(2)26-15/h6-9,24H,5,10H2,1-4H3,(H2,20,21,23)/t18-/m0/s1. The molecule has 0 spiro atoms. The zero-order valence-electron chi connectivity index (χ0n) is 15.3. The van der Waals surface area contributed by atoms with Gasteiger partial charge in [0.1, 0.15) is 17.1 Å². The van der Waals surface area contributed by atoms with Gasteiger partial charge in [0.15, 0.2) is 0 Å². The van der Waals surface area contributed by atoms with Crippen LogP contribution in [0.5, 0.6) is 0 Å². The predicted octanol–water partition coefficient (Wildman–Crippen LogP) is 2.50. The Labute approximate surface area is 151 Å². The van der Waals surface area contributed by atoms with Crippen LogP contribution < -0.4 is 10.6 Å². The van der Waals surface area contributed by atoms with Crippen molar-refractivity contribution < 1.29 is 23.8 Å². The van der Waals surface area contributed by atoms with Crippen molar-refractivity contribution in [2.75, 3.05) is 18.5 Å². The van der Waals surface area contributed by atoms with E-state index in [1.807, 2.05) is 0 Å². The largest absolute Gasteiger partial charge is 0.463 e. The number of aliphatic hydroxyl groups is 1. The number of nitrogens with one attached hydrogen (secondary N) is 2. The molecule has 0 fully saturated rings. The molecule has 2 aromatic heterocycles. The maximum absolute atomic E-state index is 12.1. The predicted molar refractivity (Wildman–Crippen MR) is 95.0 cm³/mol. The molecule has 0 saturated heterocycles. The van der Waals surface area contributed by atoms with Gasteiger partial charge in [-0.25, -0.2) is 9.59 Å². The number of ether oxygens (including phenoxy) is 1. The molecule has 2 rings (SSSR count). The Hall–Kier alpha value is -2.87. The molecule has 8 heteroatoms. The number of nitrogens with zero attached hydrogens (tertiary/aromatic N) is 1. The lowest BCUT2D eigenvalue weighted by Crippen LogP contribution is -2.40. The SMILES string of the molecule is CCOC(=O)c1cnc(C)c(NC(=O)NC[C@](C)(O)c2ccc(C)o2)c1. The van der Waals surface area contributed by atoms with Crippen LogP contribution in [-0.4, -0.2) is 35.2 Å². The number of carbonyl (C=O) groups is 2. The first-order valence-corrected chi connectivity index (χ1v) is 8.21. The summed E-state index contributed by atoms with van der Waals surface area (Å²) in [7, 11) is 0. The number of aryl methyl sites for hydroxylation is 2. The number of anilines is 1. The molecule has 0 aliphatic carbocycles. The smallest absolute Gasteiger partial charge is 0.339 e. The van der Waals surface area contributed by atoms with Crippen molar-refractivity contribution in [3.05, 3.63) is 47.2 Å². The van der Waals surface area contributed by atoms with E-state index in [0.717, 1.165) is 0 Å². The van der Waals surface area contributed by atoms with E-state index in [2.05, 4.69) is 15.6 Å². The monoisotopic (exact) mass is 361 g/mol. The minimum Gasteiger partial charge on any atom is -0.463 e. The van der Waals surface area contributed by atoms with Crippen LogP contribution in [0.4, 0.5) is 10.5 Å². The van der Waals surface area contributed by atoms with Crippen molar-refractivity contribution in [3.63, 3.8) is 0 Å². The van der Waals surface area contributed by atoms with Crippen LogP contribution in [-0.2, 0) is 10.3 Å². The average Bonchev–Trinajstić information content (AvgIpc) is 3.03. The minimum atomic E-state index is -1.36. The third-order valence-electron chi connectivity index (χ3n) is 3.71. The van der Waals surface area contributed by atoms with Crippen LogP contribution in [0.15, 0.2) is 28.8 Å². The van der Waals surface area contributed by atoms with Crippen molar-refractivity contribution in [2.45, 2.75) is 33.3 Å². The summed E-state index contributed by atoms with van der Waals surface area (Å²) in [4.78, 5) is 28.0. The number of carbonyl (C=O) groups excluding carboxylic acids is 2. The lowest BCUT2D eigenvalue weighted by Gasteiger charge is -2.21. The van der Waals surface area contributed by atoms with Gasteiger partial charge in [-0.3, -0.25) is 4.98 Å². The van der Waals surface area contributed by atoms with Crippen LogP contribution >= 0.6 is 0 Å². The molecule has 8 nitrogen and oxygen atoms in total. The number of esters is 1. The Kier molecular flexibility index (Phi) is 5.99. The Morgan fingerprint density at radius 2 is 2.08 bits per heavy atom. The molecule has 2 heterocycles. The van der Waals surface area contributed by atoms with Crippen molar-refractivity contribution in [1.82, 2.24) is 10.3 Å². The average molecular weight is 361 g/mol. The van der Waals surface area contributed by atoms with Crippen molar-refractivity contribution in [3.8, 4) is 0 Å². The third kappa shape index (κ3) is 4.82. The normalized spacial score (nSPS) is 13.0. The molecule has 0 aliphatic rings. The van der Waals surface area contributed by atoms with Gasteiger partial charge in [0, 0.05) is 6.20 Å². The number of hydrogen-bond acceptors (Lipinski definition) is 6. The van der Waals surface area contributed by atoms with Crippen molar-refractivity contribution in [1.29, 1.82) is 0 Å². The van der Waals surface area contributed by atoms with Gasteiger partial charge in [-0.15, -0.1) is 0 Å². The summed E-state index contributed by atoms with van der Waals surface area (Å²) >= 11 is 0. The third-order valence-corrected chi connectivity index (χ3v) is 3.71. The number of furan rings is 1. The highest BCUT2D eigenvalue weighted by molar-refractivity contribution is 5.94. The number of aromatic nitrogens is 1. The molecule has 0 radical (unpaired) electrons. The summed E-state index contributed by atoms with van der Waals surface area (Å²) in [6.45, 7) is 6.91. The van der Waals surface area contributed by atoms with Crippen LogP contribution in [0.3, 0.4) is 0 Å². The number of rotatable bonds is 6. The molecule has 1 atom stereocenters. The Bertz CT molecular complexity index is 798. The summed E-state index contributed by atoms with van der Waals surface area (Å²) < 4.78 is 10.3. The number of amides is 2. The zero-order chi connectivity index (χ0) is 19.3. The quantitative estimate of drug-likeness (QED) is 0.681. The fourth-order valence-corrected chi connectivity index (χ4v) is 2.22. The van der Waals surface area contributed by atoms with E-state index in [4.69, 9.17) is 9.15 Å². The van der Waals surface area contributed by atoms with Crippen molar-refractivity contribution >= 4 is 17.7 Å². The van der Waals surface area contributed by atoms with E-state index in [-0.39, 0.29) is 18.7 Å². The lowest BCUT2D eigenvalue weighted by molar-refractivity contribution is 0.0364. The summed E-state index contributed by atoms with van der Waals surface area (Å²) in [5.41, 5.74) is -0.194.